The lowest BCUT2D eigenvalue weighted by Crippen LogP contribution is -2.41. The van der Waals surface area contributed by atoms with Crippen LogP contribution in [0.2, 0.25) is 0 Å². The van der Waals surface area contributed by atoms with Crippen LogP contribution in [0.3, 0.4) is 0 Å². The smallest absolute Gasteiger partial charge is 0.355 e. The number of ether oxygens (including phenoxy) is 1. The highest BCUT2D eigenvalue weighted by Gasteiger charge is 2.33. The van der Waals surface area contributed by atoms with E-state index in [9.17, 15) is 22.8 Å². The third kappa shape index (κ3) is 4.56. The molecule has 1 aromatic rings. The lowest BCUT2D eigenvalue weighted by atomic mass is 10.1. The Bertz CT molecular complexity index is 913. The summed E-state index contributed by atoms with van der Waals surface area (Å²) < 4.78 is 28.1. The van der Waals surface area contributed by atoms with E-state index in [1.165, 1.54) is 11.9 Å². The zero-order chi connectivity index (χ0) is 20.3. The molecule has 1 fully saturated rings. The lowest BCUT2D eigenvalue weighted by molar-refractivity contribution is -0.147. The molecule has 0 N–H and O–H groups in total. The Balaban J connectivity index is 1.60. The Kier molecular flexibility index (Phi) is 5.78. The lowest BCUT2D eigenvalue weighted by Gasteiger charge is -2.24. The number of hydrogen-bond donors (Lipinski definition) is 0. The fourth-order valence-corrected chi connectivity index (χ4v) is 4.84. The Morgan fingerprint density at radius 1 is 1.25 bits per heavy atom. The van der Waals surface area contributed by atoms with Crippen molar-refractivity contribution in [1.29, 1.82) is 0 Å². The summed E-state index contributed by atoms with van der Waals surface area (Å²) in [5.41, 5.74) is 0.595. The molecule has 2 aliphatic heterocycles. The van der Waals surface area contributed by atoms with Crippen LogP contribution in [0.15, 0.2) is 35.4 Å². The van der Waals surface area contributed by atoms with Gasteiger partial charge in [0.05, 0.1) is 17.2 Å². The summed E-state index contributed by atoms with van der Waals surface area (Å²) in [5.74, 6) is -1.52. The SMILES string of the molecule is CN(C(=O)COC(=O)C1=NN(c2ccccc2)C(=O)CC1)[C@@H]1CCS(=O)(=O)C1. The Morgan fingerprint density at radius 2 is 1.96 bits per heavy atom. The molecule has 2 aliphatic rings. The van der Waals surface area contributed by atoms with Crippen LogP contribution in [0.25, 0.3) is 0 Å². The van der Waals surface area contributed by atoms with Crippen LogP contribution < -0.4 is 5.01 Å². The number of para-hydroxylation sites is 1. The maximum atomic E-state index is 12.3. The van der Waals surface area contributed by atoms with Gasteiger partial charge in [0.25, 0.3) is 5.91 Å². The molecule has 0 unspecified atom stereocenters. The van der Waals surface area contributed by atoms with Crippen LogP contribution in [0.5, 0.6) is 0 Å². The van der Waals surface area contributed by atoms with Gasteiger partial charge in [-0.1, -0.05) is 18.2 Å². The molecule has 1 saturated heterocycles. The van der Waals surface area contributed by atoms with Crippen molar-refractivity contribution in [2.75, 3.05) is 30.2 Å². The van der Waals surface area contributed by atoms with Crippen molar-refractivity contribution < 1.29 is 27.5 Å². The number of likely N-dealkylation sites (N-methyl/N-ethyl adjacent to an activating group) is 1. The molecule has 0 aromatic heterocycles. The molecule has 3 rings (SSSR count). The van der Waals surface area contributed by atoms with Crippen molar-refractivity contribution in [3.63, 3.8) is 0 Å². The zero-order valence-electron chi connectivity index (χ0n) is 15.4. The van der Waals surface area contributed by atoms with Gasteiger partial charge in [-0.15, -0.1) is 0 Å². The van der Waals surface area contributed by atoms with Gasteiger partial charge in [-0.05, 0) is 18.6 Å². The molecule has 2 amide bonds. The van der Waals surface area contributed by atoms with E-state index < -0.39 is 34.4 Å². The first kappa shape index (κ1) is 20.0. The van der Waals surface area contributed by atoms with E-state index in [0.29, 0.717) is 12.1 Å². The molecular formula is C18H21N3O6S. The number of rotatable bonds is 5. The first-order valence-corrected chi connectivity index (χ1v) is 10.7. The van der Waals surface area contributed by atoms with Crippen LogP contribution in [0.4, 0.5) is 5.69 Å². The Hall–Kier alpha value is -2.75. The second-order valence-electron chi connectivity index (χ2n) is 6.73. The van der Waals surface area contributed by atoms with Crippen molar-refractivity contribution in [2.45, 2.75) is 25.3 Å². The van der Waals surface area contributed by atoms with Gasteiger partial charge in [0, 0.05) is 25.9 Å². The number of benzene rings is 1. The Labute approximate surface area is 162 Å². The van der Waals surface area contributed by atoms with Crippen LogP contribution in [0.1, 0.15) is 19.3 Å². The number of esters is 1. The number of carbonyl (C=O) groups is 3. The second kappa shape index (κ2) is 8.09. The first-order chi connectivity index (χ1) is 13.3. The molecule has 0 spiro atoms. The standard InChI is InChI=1S/C18H21N3O6S/c1-20(14-9-10-28(25,26)12-14)17(23)11-27-18(24)15-7-8-16(22)21(19-15)13-5-3-2-4-6-13/h2-6,14H,7-12H2,1H3/t14-/m1/s1. The van der Waals surface area contributed by atoms with Crippen LogP contribution in [-0.4, -0.2) is 68.0 Å². The zero-order valence-corrected chi connectivity index (χ0v) is 16.2. The van der Waals surface area contributed by atoms with Crippen molar-refractivity contribution in [2.24, 2.45) is 5.10 Å². The average Bonchev–Trinajstić information content (AvgIpc) is 3.06. The third-order valence-corrected chi connectivity index (χ3v) is 6.50. The number of carbonyl (C=O) groups excluding carboxylic acids is 3. The molecule has 0 radical (unpaired) electrons. The van der Waals surface area contributed by atoms with Gasteiger partial charge in [-0.3, -0.25) is 9.59 Å². The van der Waals surface area contributed by atoms with Crippen molar-refractivity contribution in [1.82, 2.24) is 4.90 Å². The summed E-state index contributed by atoms with van der Waals surface area (Å²) in [6, 6.07) is 8.29. The number of hydrogen-bond acceptors (Lipinski definition) is 7. The summed E-state index contributed by atoms with van der Waals surface area (Å²) in [7, 11) is -1.62. The van der Waals surface area contributed by atoms with Crippen LogP contribution in [-0.2, 0) is 29.0 Å². The van der Waals surface area contributed by atoms with Crippen molar-refractivity contribution in [3.05, 3.63) is 30.3 Å². The molecule has 2 heterocycles. The van der Waals surface area contributed by atoms with Crippen LogP contribution in [0, 0.1) is 0 Å². The molecular weight excluding hydrogens is 386 g/mol. The quantitative estimate of drug-likeness (QED) is 0.651. The molecule has 1 atom stereocenters. The van der Waals surface area contributed by atoms with E-state index >= 15 is 0 Å². The van der Waals surface area contributed by atoms with E-state index in [0.717, 1.165) is 5.01 Å². The fraction of sp³-hybridized carbons (Fsp3) is 0.444. The molecule has 0 aliphatic carbocycles. The van der Waals surface area contributed by atoms with Gasteiger partial charge in [0.15, 0.2) is 16.4 Å². The number of hydrazone groups is 1. The highest BCUT2D eigenvalue weighted by molar-refractivity contribution is 7.91. The van der Waals surface area contributed by atoms with Gasteiger partial charge >= 0.3 is 5.97 Å². The van der Waals surface area contributed by atoms with Gasteiger partial charge < -0.3 is 9.64 Å². The molecule has 0 bridgehead atoms. The van der Waals surface area contributed by atoms with E-state index in [1.807, 2.05) is 0 Å². The average molecular weight is 407 g/mol. The van der Waals surface area contributed by atoms with Crippen molar-refractivity contribution >= 4 is 39.0 Å². The largest absolute Gasteiger partial charge is 0.451 e. The summed E-state index contributed by atoms with van der Waals surface area (Å²) in [5, 5.41) is 5.22. The third-order valence-electron chi connectivity index (χ3n) is 4.75. The number of amides is 2. The fourth-order valence-electron chi connectivity index (χ4n) is 3.07. The molecule has 28 heavy (non-hydrogen) atoms. The number of anilines is 1. The molecule has 9 nitrogen and oxygen atoms in total. The summed E-state index contributed by atoms with van der Waals surface area (Å²) in [6.07, 6.45) is 0.613. The molecule has 1 aromatic carbocycles. The summed E-state index contributed by atoms with van der Waals surface area (Å²) >= 11 is 0. The van der Waals surface area contributed by atoms with Crippen molar-refractivity contribution in [3.8, 4) is 0 Å². The van der Waals surface area contributed by atoms with E-state index in [1.54, 1.807) is 30.3 Å². The summed E-state index contributed by atoms with van der Waals surface area (Å²) in [4.78, 5) is 37.9. The highest BCUT2D eigenvalue weighted by atomic mass is 32.2. The Morgan fingerprint density at radius 3 is 2.61 bits per heavy atom. The van der Waals surface area contributed by atoms with E-state index in [2.05, 4.69) is 5.10 Å². The minimum Gasteiger partial charge on any atom is -0.451 e. The topological polar surface area (TPSA) is 113 Å². The maximum Gasteiger partial charge on any atom is 0.355 e. The monoisotopic (exact) mass is 407 g/mol. The summed E-state index contributed by atoms with van der Waals surface area (Å²) in [6.45, 7) is -0.510. The van der Waals surface area contributed by atoms with Gasteiger partial charge in [-0.2, -0.15) is 5.10 Å². The molecule has 150 valence electrons. The van der Waals surface area contributed by atoms with E-state index in [-0.39, 0.29) is 36.0 Å². The first-order valence-electron chi connectivity index (χ1n) is 8.85. The second-order valence-corrected chi connectivity index (χ2v) is 8.95. The number of sulfone groups is 1. The van der Waals surface area contributed by atoms with E-state index in [4.69, 9.17) is 4.74 Å². The molecule has 10 heteroatoms. The van der Waals surface area contributed by atoms with Crippen LogP contribution >= 0.6 is 0 Å². The predicted molar refractivity (Wildman–Crippen MR) is 101 cm³/mol. The molecule has 0 saturated carbocycles. The van der Waals surface area contributed by atoms with Gasteiger partial charge in [0.2, 0.25) is 5.91 Å². The van der Waals surface area contributed by atoms with Gasteiger partial charge in [0.1, 0.15) is 5.71 Å². The van der Waals surface area contributed by atoms with Gasteiger partial charge in [-0.25, -0.2) is 18.2 Å². The normalized spacial score (nSPS) is 21.2. The number of nitrogens with zero attached hydrogens (tertiary/aromatic N) is 3. The minimum absolute atomic E-state index is 0.0508. The highest BCUT2D eigenvalue weighted by Crippen LogP contribution is 2.20. The minimum atomic E-state index is -3.12. The predicted octanol–water partition coefficient (Wildman–Crippen LogP) is 0.358. The maximum absolute atomic E-state index is 12.3.